The lowest BCUT2D eigenvalue weighted by Crippen LogP contribution is -2.27. The van der Waals surface area contributed by atoms with Crippen LogP contribution in [0, 0.1) is 0 Å². The molecule has 0 bridgehead atoms. The molecule has 2 aromatic carbocycles. The van der Waals surface area contributed by atoms with Gasteiger partial charge in [0.05, 0.1) is 6.61 Å². The van der Waals surface area contributed by atoms with Crippen LogP contribution in [0.1, 0.15) is 39.2 Å². The molecule has 0 atom stereocenters. The van der Waals surface area contributed by atoms with Gasteiger partial charge in [-0.1, -0.05) is 51.1 Å². The lowest BCUT2D eigenvalue weighted by atomic mass is 9.87. The number of carbonyl (C=O) groups excluding carboxylic acids is 1. The quantitative estimate of drug-likeness (QED) is 0.566. The first-order chi connectivity index (χ1) is 13.4. The molecule has 0 saturated heterocycles. The Balaban J connectivity index is 1.33. The number of hydrogen-bond acceptors (Lipinski definition) is 2. The molecule has 0 saturated carbocycles. The summed E-state index contributed by atoms with van der Waals surface area (Å²) < 4.78 is 7.92. The van der Waals surface area contributed by atoms with E-state index in [1.54, 1.807) is 0 Å². The molecule has 0 unspecified atom stereocenters. The molecule has 0 radical (unpaired) electrons. The van der Waals surface area contributed by atoms with E-state index in [1.165, 1.54) is 16.5 Å². The largest absolute Gasteiger partial charge is 0.494 e. The number of amides is 1. The van der Waals surface area contributed by atoms with Gasteiger partial charge in [-0.25, -0.2) is 0 Å². The molecule has 0 spiro atoms. The third kappa shape index (κ3) is 5.38. The van der Waals surface area contributed by atoms with Gasteiger partial charge in [-0.15, -0.1) is 0 Å². The van der Waals surface area contributed by atoms with E-state index in [0.29, 0.717) is 26.0 Å². The molecule has 0 aliphatic heterocycles. The highest BCUT2D eigenvalue weighted by Gasteiger charge is 2.13. The number of ether oxygens (including phenoxy) is 1. The Labute approximate surface area is 167 Å². The third-order valence-electron chi connectivity index (χ3n) is 4.89. The van der Waals surface area contributed by atoms with Crippen LogP contribution in [0.2, 0.25) is 0 Å². The van der Waals surface area contributed by atoms with Crippen molar-refractivity contribution in [1.82, 2.24) is 9.88 Å². The Bertz CT molecular complexity index is 904. The van der Waals surface area contributed by atoms with Gasteiger partial charge in [0.1, 0.15) is 5.75 Å². The van der Waals surface area contributed by atoms with E-state index < -0.39 is 0 Å². The maximum Gasteiger partial charge on any atom is 0.220 e. The number of nitrogens with one attached hydrogen (secondary N) is 1. The Morgan fingerprint density at radius 1 is 1.04 bits per heavy atom. The summed E-state index contributed by atoms with van der Waals surface area (Å²) in [7, 11) is 0. The predicted molar refractivity (Wildman–Crippen MR) is 115 cm³/mol. The SMILES string of the molecule is CC(C)(C)c1ccc(OCCCC(=O)NCCn2ccc3ccccc32)cc1. The average Bonchev–Trinajstić information content (AvgIpc) is 3.08. The molecule has 4 nitrogen and oxygen atoms in total. The molecule has 0 aliphatic rings. The highest BCUT2D eigenvalue weighted by Crippen LogP contribution is 2.24. The van der Waals surface area contributed by atoms with Gasteiger partial charge in [-0.2, -0.15) is 0 Å². The van der Waals surface area contributed by atoms with Crippen LogP contribution in [0.15, 0.2) is 60.8 Å². The molecule has 1 N–H and O–H groups in total. The second-order valence-corrected chi connectivity index (χ2v) is 8.14. The summed E-state index contributed by atoms with van der Waals surface area (Å²) >= 11 is 0. The van der Waals surface area contributed by atoms with Crippen LogP contribution in [-0.2, 0) is 16.8 Å². The van der Waals surface area contributed by atoms with Gasteiger partial charge >= 0.3 is 0 Å². The molecule has 0 fully saturated rings. The number of para-hydroxylation sites is 1. The minimum atomic E-state index is 0.0724. The first-order valence-corrected chi connectivity index (χ1v) is 9.97. The lowest BCUT2D eigenvalue weighted by Gasteiger charge is -2.19. The second-order valence-electron chi connectivity index (χ2n) is 8.14. The number of rotatable bonds is 8. The Morgan fingerprint density at radius 3 is 2.54 bits per heavy atom. The molecule has 0 aliphatic carbocycles. The number of carbonyl (C=O) groups is 1. The standard InChI is InChI=1S/C24H30N2O2/c1-24(2,3)20-10-12-21(13-11-20)28-18-6-9-23(27)25-15-17-26-16-14-19-7-4-5-8-22(19)26/h4-5,7-8,10-14,16H,6,9,15,17-18H2,1-3H3,(H,25,27). The first kappa shape index (κ1) is 20.0. The highest BCUT2D eigenvalue weighted by atomic mass is 16.5. The van der Waals surface area contributed by atoms with Crippen LogP contribution in [-0.4, -0.2) is 23.6 Å². The van der Waals surface area contributed by atoms with Gasteiger partial charge in [0.25, 0.3) is 0 Å². The smallest absolute Gasteiger partial charge is 0.220 e. The zero-order chi connectivity index (χ0) is 20.0. The van der Waals surface area contributed by atoms with Crippen molar-refractivity contribution in [1.29, 1.82) is 0 Å². The second kappa shape index (κ2) is 8.96. The van der Waals surface area contributed by atoms with Crippen molar-refractivity contribution in [2.75, 3.05) is 13.2 Å². The summed E-state index contributed by atoms with van der Waals surface area (Å²) in [5, 5.41) is 4.22. The van der Waals surface area contributed by atoms with E-state index in [1.807, 2.05) is 24.3 Å². The van der Waals surface area contributed by atoms with Gasteiger partial charge in [-0.05, 0) is 47.1 Å². The lowest BCUT2D eigenvalue weighted by molar-refractivity contribution is -0.121. The van der Waals surface area contributed by atoms with Crippen LogP contribution >= 0.6 is 0 Å². The fourth-order valence-corrected chi connectivity index (χ4v) is 3.21. The minimum absolute atomic E-state index is 0.0724. The number of benzene rings is 2. The zero-order valence-electron chi connectivity index (χ0n) is 17.1. The number of fused-ring (bicyclic) bond motifs is 1. The van der Waals surface area contributed by atoms with Crippen LogP contribution in [0.5, 0.6) is 5.75 Å². The molecule has 4 heteroatoms. The molecular weight excluding hydrogens is 348 g/mol. The van der Waals surface area contributed by atoms with E-state index in [2.05, 4.69) is 67.2 Å². The van der Waals surface area contributed by atoms with Gasteiger partial charge in [-0.3, -0.25) is 4.79 Å². The van der Waals surface area contributed by atoms with Gasteiger partial charge in [0.15, 0.2) is 0 Å². The Hall–Kier alpha value is -2.75. The number of aromatic nitrogens is 1. The van der Waals surface area contributed by atoms with Gasteiger partial charge in [0.2, 0.25) is 5.91 Å². The first-order valence-electron chi connectivity index (χ1n) is 9.97. The molecular formula is C24H30N2O2. The van der Waals surface area contributed by atoms with E-state index in [0.717, 1.165) is 12.3 Å². The zero-order valence-corrected chi connectivity index (χ0v) is 17.1. The van der Waals surface area contributed by atoms with E-state index >= 15 is 0 Å². The van der Waals surface area contributed by atoms with Crippen molar-refractivity contribution in [2.45, 2.75) is 45.6 Å². The fourth-order valence-electron chi connectivity index (χ4n) is 3.21. The van der Waals surface area contributed by atoms with Crippen molar-refractivity contribution in [2.24, 2.45) is 0 Å². The topological polar surface area (TPSA) is 43.3 Å². The van der Waals surface area contributed by atoms with Crippen LogP contribution in [0.25, 0.3) is 10.9 Å². The van der Waals surface area contributed by atoms with Crippen molar-refractivity contribution in [3.8, 4) is 5.75 Å². The van der Waals surface area contributed by atoms with Gasteiger partial charge in [0, 0.05) is 31.2 Å². The molecule has 3 rings (SSSR count). The summed E-state index contributed by atoms with van der Waals surface area (Å²) in [5.74, 6) is 0.927. The molecule has 1 aromatic heterocycles. The fraction of sp³-hybridized carbons (Fsp3) is 0.375. The molecule has 3 aromatic rings. The molecule has 1 amide bonds. The van der Waals surface area contributed by atoms with E-state index in [-0.39, 0.29) is 11.3 Å². The maximum atomic E-state index is 12.0. The number of hydrogen-bond donors (Lipinski definition) is 1. The third-order valence-corrected chi connectivity index (χ3v) is 4.89. The number of nitrogens with zero attached hydrogens (tertiary/aromatic N) is 1. The maximum absolute atomic E-state index is 12.0. The highest BCUT2D eigenvalue weighted by molar-refractivity contribution is 5.80. The van der Waals surface area contributed by atoms with Crippen LogP contribution in [0.3, 0.4) is 0 Å². The van der Waals surface area contributed by atoms with E-state index in [9.17, 15) is 4.79 Å². The molecule has 1 heterocycles. The molecule has 28 heavy (non-hydrogen) atoms. The van der Waals surface area contributed by atoms with Crippen LogP contribution < -0.4 is 10.1 Å². The van der Waals surface area contributed by atoms with Crippen molar-refractivity contribution >= 4 is 16.8 Å². The van der Waals surface area contributed by atoms with Crippen molar-refractivity contribution in [3.05, 3.63) is 66.4 Å². The minimum Gasteiger partial charge on any atom is -0.494 e. The van der Waals surface area contributed by atoms with Gasteiger partial charge < -0.3 is 14.6 Å². The monoisotopic (exact) mass is 378 g/mol. The Kier molecular flexibility index (Phi) is 6.40. The summed E-state index contributed by atoms with van der Waals surface area (Å²) in [5.41, 5.74) is 2.63. The normalized spacial score (nSPS) is 11.5. The summed E-state index contributed by atoms with van der Waals surface area (Å²) in [6.07, 6.45) is 3.25. The molecule has 148 valence electrons. The average molecular weight is 379 g/mol. The summed E-state index contributed by atoms with van der Waals surface area (Å²) in [6.45, 7) is 8.54. The van der Waals surface area contributed by atoms with Crippen LogP contribution in [0.4, 0.5) is 0 Å². The summed E-state index contributed by atoms with van der Waals surface area (Å²) in [4.78, 5) is 12.0. The predicted octanol–water partition coefficient (Wildman–Crippen LogP) is 4.91. The van der Waals surface area contributed by atoms with Crippen molar-refractivity contribution < 1.29 is 9.53 Å². The van der Waals surface area contributed by atoms with E-state index in [4.69, 9.17) is 4.74 Å². The van der Waals surface area contributed by atoms with Crippen molar-refractivity contribution in [3.63, 3.8) is 0 Å². The summed E-state index contributed by atoms with van der Waals surface area (Å²) in [6, 6.07) is 18.6. The Morgan fingerprint density at radius 2 is 1.79 bits per heavy atom.